The molecule has 1 aromatic carbocycles. The van der Waals surface area contributed by atoms with E-state index in [0.29, 0.717) is 12.0 Å². The lowest BCUT2D eigenvalue weighted by molar-refractivity contribution is 0.0474. The smallest absolute Gasteiger partial charge is 0.338 e. The number of Topliss-reactive ketones (excluding diaryl/α,β-unsaturated/α-hetero) is 1. The first kappa shape index (κ1) is 21.3. The highest BCUT2D eigenvalue weighted by Gasteiger charge is 2.18. The Balaban J connectivity index is 2.01. The van der Waals surface area contributed by atoms with E-state index in [1.165, 1.54) is 35.6 Å². The van der Waals surface area contributed by atoms with E-state index in [1.807, 2.05) is 20.8 Å². The molecule has 146 valence electrons. The molecule has 1 heterocycles. The fourth-order valence-electron chi connectivity index (χ4n) is 2.39. The number of carbonyl (C=O) groups is 2. The first-order valence-electron chi connectivity index (χ1n) is 8.53. The molecule has 0 amide bonds. The molecule has 0 spiro atoms. The molecule has 0 bridgehead atoms. The standard InChI is InChI=1S/C19H23NO5S2/c1-5-12(2)20-27(23,24)16-8-6-15(7-9-16)19(22)25-11-18(21)17-10-13(3)26-14(17)4/h6-10,12,20H,5,11H2,1-4H3/t12-/m1/s1. The largest absolute Gasteiger partial charge is 0.454 e. The number of nitrogens with one attached hydrogen (secondary N) is 1. The second-order valence-corrected chi connectivity index (χ2v) is 9.46. The van der Waals surface area contributed by atoms with Gasteiger partial charge in [-0.1, -0.05) is 6.92 Å². The number of thiophene rings is 1. The van der Waals surface area contributed by atoms with Crippen LogP contribution in [0.2, 0.25) is 0 Å². The number of hydrogen-bond acceptors (Lipinski definition) is 6. The van der Waals surface area contributed by atoms with Crippen LogP contribution in [0.5, 0.6) is 0 Å². The van der Waals surface area contributed by atoms with Crippen molar-refractivity contribution in [2.45, 2.75) is 45.1 Å². The van der Waals surface area contributed by atoms with Crippen molar-refractivity contribution in [3.05, 3.63) is 51.2 Å². The van der Waals surface area contributed by atoms with Gasteiger partial charge in [0, 0.05) is 21.4 Å². The Morgan fingerprint density at radius 1 is 1.19 bits per heavy atom. The number of rotatable bonds is 8. The Morgan fingerprint density at radius 3 is 2.33 bits per heavy atom. The molecule has 1 atom stereocenters. The molecular formula is C19H23NO5S2. The van der Waals surface area contributed by atoms with Crippen molar-refractivity contribution >= 4 is 33.1 Å². The maximum atomic E-state index is 12.2. The molecule has 0 aliphatic heterocycles. The normalized spacial score (nSPS) is 12.6. The fraction of sp³-hybridized carbons (Fsp3) is 0.368. The molecular weight excluding hydrogens is 386 g/mol. The minimum Gasteiger partial charge on any atom is -0.454 e. The summed E-state index contributed by atoms with van der Waals surface area (Å²) in [4.78, 5) is 26.3. The SMILES string of the molecule is CC[C@@H](C)NS(=O)(=O)c1ccc(C(=O)OCC(=O)c2cc(C)sc2C)cc1. The molecule has 0 aliphatic rings. The van der Waals surface area contributed by atoms with Gasteiger partial charge in [-0.15, -0.1) is 11.3 Å². The van der Waals surface area contributed by atoms with Gasteiger partial charge < -0.3 is 4.74 Å². The van der Waals surface area contributed by atoms with Crippen LogP contribution >= 0.6 is 11.3 Å². The summed E-state index contributed by atoms with van der Waals surface area (Å²) in [6.07, 6.45) is 0.667. The minimum atomic E-state index is -3.63. The number of esters is 1. The first-order chi connectivity index (χ1) is 12.6. The van der Waals surface area contributed by atoms with Crippen LogP contribution in [0.15, 0.2) is 35.2 Å². The third-order valence-electron chi connectivity index (χ3n) is 4.04. The summed E-state index contributed by atoms with van der Waals surface area (Å²) in [7, 11) is -3.63. The Hall–Kier alpha value is -2.03. The van der Waals surface area contributed by atoms with Crippen molar-refractivity contribution in [2.24, 2.45) is 0 Å². The average Bonchev–Trinajstić information content (AvgIpc) is 2.97. The molecule has 1 aromatic heterocycles. The van der Waals surface area contributed by atoms with E-state index in [4.69, 9.17) is 4.74 Å². The van der Waals surface area contributed by atoms with Crippen molar-refractivity contribution < 1.29 is 22.7 Å². The summed E-state index contributed by atoms with van der Waals surface area (Å²) >= 11 is 1.51. The predicted molar refractivity (Wildman–Crippen MR) is 105 cm³/mol. The third-order valence-corrected chi connectivity index (χ3v) is 6.62. The van der Waals surface area contributed by atoms with Crippen molar-refractivity contribution in [3.63, 3.8) is 0 Å². The van der Waals surface area contributed by atoms with Crippen LogP contribution in [0.3, 0.4) is 0 Å². The molecule has 8 heteroatoms. The van der Waals surface area contributed by atoms with E-state index in [9.17, 15) is 18.0 Å². The quantitative estimate of drug-likeness (QED) is 0.532. The van der Waals surface area contributed by atoms with Gasteiger partial charge in [-0.05, 0) is 57.5 Å². The van der Waals surface area contributed by atoms with Crippen LogP contribution in [-0.2, 0) is 14.8 Å². The molecule has 2 rings (SSSR count). The lowest BCUT2D eigenvalue weighted by Crippen LogP contribution is -2.32. The van der Waals surface area contributed by atoms with Gasteiger partial charge >= 0.3 is 5.97 Å². The maximum absolute atomic E-state index is 12.2. The van der Waals surface area contributed by atoms with E-state index in [2.05, 4.69) is 4.72 Å². The second-order valence-electron chi connectivity index (χ2n) is 6.28. The molecule has 0 fully saturated rings. The monoisotopic (exact) mass is 409 g/mol. The number of sulfonamides is 1. The van der Waals surface area contributed by atoms with Gasteiger partial charge in [-0.3, -0.25) is 4.79 Å². The Kier molecular flexibility index (Phi) is 6.91. The van der Waals surface area contributed by atoms with Crippen LogP contribution < -0.4 is 4.72 Å². The molecule has 0 unspecified atom stereocenters. The van der Waals surface area contributed by atoms with Gasteiger partial charge in [-0.25, -0.2) is 17.9 Å². The predicted octanol–water partition coefficient (Wildman–Crippen LogP) is 3.48. The summed E-state index contributed by atoms with van der Waals surface area (Å²) in [6, 6.07) is 7.02. The number of carbonyl (C=O) groups excluding carboxylic acids is 2. The average molecular weight is 410 g/mol. The molecule has 27 heavy (non-hydrogen) atoms. The highest BCUT2D eigenvalue weighted by atomic mass is 32.2. The third kappa shape index (κ3) is 5.47. The highest BCUT2D eigenvalue weighted by Crippen LogP contribution is 2.21. The number of aryl methyl sites for hydroxylation is 2. The lowest BCUT2D eigenvalue weighted by atomic mass is 10.2. The minimum absolute atomic E-state index is 0.0693. The van der Waals surface area contributed by atoms with Gasteiger partial charge in [0.2, 0.25) is 15.8 Å². The van der Waals surface area contributed by atoms with Crippen molar-refractivity contribution in [3.8, 4) is 0 Å². The summed E-state index contributed by atoms with van der Waals surface area (Å²) in [5, 5.41) is 0. The number of benzene rings is 1. The first-order valence-corrected chi connectivity index (χ1v) is 10.8. The van der Waals surface area contributed by atoms with Crippen molar-refractivity contribution in [1.82, 2.24) is 4.72 Å². The zero-order valence-electron chi connectivity index (χ0n) is 15.7. The Morgan fingerprint density at radius 2 is 1.81 bits per heavy atom. The number of ketones is 1. The molecule has 0 radical (unpaired) electrons. The molecule has 0 saturated carbocycles. The van der Waals surface area contributed by atoms with E-state index < -0.39 is 16.0 Å². The number of hydrogen-bond donors (Lipinski definition) is 1. The molecule has 1 N–H and O–H groups in total. The topological polar surface area (TPSA) is 89.5 Å². The molecule has 6 nitrogen and oxygen atoms in total. The summed E-state index contributed by atoms with van der Waals surface area (Å²) in [5.74, 6) is -0.936. The second kappa shape index (κ2) is 8.77. The van der Waals surface area contributed by atoms with Gasteiger partial charge in [0.05, 0.1) is 10.5 Å². The number of ether oxygens (including phenoxy) is 1. The van der Waals surface area contributed by atoms with Crippen molar-refractivity contribution in [2.75, 3.05) is 6.61 Å². The highest BCUT2D eigenvalue weighted by molar-refractivity contribution is 7.89. The van der Waals surface area contributed by atoms with E-state index in [-0.39, 0.29) is 28.9 Å². The van der Waals surface area contributed by atoms with Crippen molar-refractivity contribution in [1.29, 1.82) is 0 Å². The zero-order valence-corrected chi connectivity index (χ0v) is 17.4. The van der Waals surface area contributed by atoms with Crippen LogP contribution in [0, 0.1) is 13.8 Å². The van der Waals surface area contributed by atoms with E-state index >= 15 is 0 Å². The fourth-order valence-corrected chi connectivity index (χ4v) is 4.66. The zero-order chi connectivity index (χ0) is 20.2. The molecule has 2 aromatic rings. The maximum Gasteiger partial charge on any atom is 0.338 e. The Bertz CT molecular complexity index is 930. The van der Waals surface area contributed by atoms with Gasteiger partial charge in [0.25, 0.3) is 0 Å². The van der Waals surface area contributed by atoms with Crippen LogP contribution in [0.4, 0.5) is 0 Å². The molecule has 0 aliphatic carbocycles. The van der Waals surface area contributed by atoms with Crippen LogP contribution in [-0.4, -0.2) is 32.8 Å². The van der Waals surface area contributed by atoms with Gasteiger partial charge in [-0.2, -0.15) is 0 Å². The van der Waals surface area contributed by atoms with Crippen LogP contribution in [0.25, 0.3) is 0 Å². The van der Waals surface area contributed by atoms with Crippen LogP contribution in [0.1, 0.15) is 50.7 Å². The van der Waals surface area contributed by atoms with Gasteiger partial charge in [0.15, 0.2) is 6.61 Å². The summed E-state index contributed by atoms with van der Waals surface area (Å²) in [6.45, 7) is 7.06. The van der Waals surface area contributed by atoms with E-state index in [0.717, 1.165) is 9.75 Å². The van der Waals surface area contributed by atoms with E-state index in [1.54, 1.807) is 13.0 Å². The molecule has 0 saturated heterocycles. The lowest BCUT2D eigenvalue weighted by Gasteiger charge is -2.12. The Labute approximate surface area is 163 Å². The summed E-state index contributed by atoms with van der Waals surface area (Å²) < 4.78 is 32.1. The summed E-state index contributed by atoms with van der Waals surface area (Å²) in [5.41, 5.74) is 0.742. The van der Waals surface area contributed by atoms with Gasteiger partial charge in [0.1, 0.15) is 0 Å².